The summed E-state index contributed by atoms with van der Waals surface area (Å²) in [7, 11) is -4.06. The van der Waals surface area contributed by atoms with E-state index in [2.05, 4.69) is 5.32 Å². The Morgan fingerprint density at radius 1 is 0.970 bits per heavy atom. The highest BCUT2D eigenvalue weighted by Crippen LogP contribution is 2.30. The van der Waals surface area contributed by atoms with Gasteiger partial charge in [-0.05, 0) is 75.4 Å². The van der Waals surface area contributed by atoms with Crippen LogP contribution in [0, 0.1) is 6.92 Å². The quantitative estimate of drug-likeness (QED) is 0.411. The second kappa shape index (κ2) is 10.5. The molecule has 0 spiro atoms. The van der Waals surface area contributed by atoms with Crippen LogP contribution in [-0.4, -0.2) is 27.0 Å². The van der Waals surface area contributed by atoms with Gasteiger partial charge in [0, 0.05) is 5.69 Å². The Bertz CT molecular complexity index is 1230. The van der Waals surface area contributed by atoms with Gasteiger partial charge in [0.05, 0.1) is 26.7 Å². The molecule has 3 rings (SSSR count). The lowest BCUT2D eigenvalue weighted by Crippen LogP contribution is -2.38. The number of carbonyl (C=O) groups is 1. The molecule has 0 saturated carbocycles. The summed E-state index contributed by atoms with van der Waals surface area (Å²) in [5, 5.41) is 3.18. The average molecular weight is 507 g/mol. The number of hydrogen-bond acceptors (Lipinski definition) is 4. The van der Waals surface area contributed by atoms with Gasteiger partial charge in [0.15, 0.2) is 0 Å². The van der Waals surface area contributed by atoms with Crippen LogP contribution in [0.5, 0.6) is 5.75 Å². The molecular formula is C24H24Cl2N2O4S. The predicted molar refractivity (Wildman–Crippen MR) is 133 cm³/mol. The van der Waals surface area contributed by atoms with Crippen LogP contribution < -0.4 is 14.4 Å². The number of halogens is 2. The molecule has 0 unspecified atom stereocenters. The van der Waals surface area contributed by atoms with E-state index < -0.39 is 22.5 Å². The lowest BCUT2D eigenvalue weighted by Gasteiger charge is -2.24. The van der Waals surface area contributed by atoms with Crippen molar-refractivity contribution in [3.05, 3.63) is 82.3 Å². The van der Waals surface area contributed by atoms with Crippen LogP contribution in [0.1, 0.15) is 19.4 Å². The minimum Gasteiger partial charge on any atom is -0.491 e. The van der Waals surface area contributed by atoms with Gasteiger partial charge >= 0.3 is 0 Å². The molecule has 6 nitrogen and oxygen atoms in total. The van der Waals surface area contributed by atoms with E-state index in [1.165, 1.54) is 30.3 Å². The molecule has 0 atom stereocenters. The Morgan fingerprint density at radius 2 is 1.61 bits per heavy atom. The van der Waals surface area contributed by atoms with E-state index in [-0.39, 0.29) is 26.7 Å². The number of rotatable bonds is 8. The summed E-state index contributed by atoms with van der Waals surface area (Å²) in [5.41, 5.74) is 1.65. The van der Waals surface area contributed by atoms with Crippen molar-refractivity contribution in [2.75, 3.05) is 16.2 Å². The van der Waals surface area contributed by atoms with E-state index >= 15 is 0 Å². The van der Waals surface area contributed by atoms with Crippen LogP contribution in [0.4, 0.5) is 11.4 Å². The van der Waals surface area contributed by atoms with Crippen molar-refractivity contribution in [1.82, 2.24) is 0 Å². The number of benzene rings is 3. The first kappa shape index (κ1) is 24.9. The highest BCUT2D eigenvalue weighted by molar-refractivity contribution is 7.92. The van der Waals surface area contributed by atoms with Crippen LogP contribution in [0.2, 0.25) is 10.0 Å². The van der Waals surface area contributed by atoms with E-state index in [0.29, 0.717) is 11.4 Å². The minimum absolute atomic E-state index is 0.0252. The Kier molecular flexibility index (Phi) is 7.89. The van der Waals surface area contributed by atoms with Gasteiger partial charge in [0.2, 0.25) is 5.91 Å². The lowest BCUT2D eigenvalue weighted by atomic mass is 10.2. The maximum Gasteiger partial charge on any atom is 0.264 e. The van der Waals surface area contributed by atoms with Crippen molar-refractivity contribution in [3.63, 3.8) is 0 Å². The van der Waals surface area contributed by atoms with Crippen LogP contribution in [0.3, 0.4) is 0 Å². The fraction of sp³-hybridized carbons (Fsp3) is 0.208. The topological polar surface area (TPSA) is 75.7 Å². The van der Waals surface area contributed by atoms with Crippen molar-refractivity contribution in [1.29, 1.82) is 0 Å². The van der Waals surface area contributed by atoms with Crippen LogP contribution >= 0.6 is 23.2 Å². The van der Waals surface area contributed by atoms with E-state index in [9.17, 15) is 13.2 Å². The van der Waals surface area contributed by atoms with E-state index in [4.69, 9.17) is 27.9 Å². The molecule has 0 radical (unpaired) electrons. The van der Waals surface area contributed by atoms with Gasteiger partial charge < -0.3 is 10.1 Å². The number of sulfonamides is 1. The summed E-state index contributed by atoms with van der Waals surface area (Å²) in [5.74, 6) is 0.150. The zero-order chi connectivity index (χ0) is 24.2. The van der Waals surface area contributed by atoms with Crippen LogP contribution in [0.15, 0.2) is 71.6 Å². The number of nitrogens with zero attached hydrogens (tertiary/aromatic N) is 1. The highest BCUT2D eigenvalue weighted by Gasteiger charge is 2.27. The SMILES string of the molecule is Cc1ccc(S(=O)(=O)N(CC(=O)Nc2ccc(OC(C)C)cc2)c2ccc(Cl)c(Cl)c2)cc1. The molecule has 0 aliphatic carbocycles. The molecule has 0 aromatic heterocycles. The van der Waals surface area contributed by atoms with Crippen LogP contribution in [0.25, 0.3) is 0 Å². The predicted octanol–water partition coefficient (Wildman–Crippen LogP) is 5.92. The lowest BCUT2D eigenvalue weighted by molar-refractivity contribution is -0.114. The average Bonchev–Trinajstić information content (AvgIpc) is 2.75. The summed E-state index contributed by atoms with van der Waals surface area (Å²) in [6, 6.07) is 17.6. The maximum absolute atomic E-state index is 13.4. The standard InChI is InChI=1S/C24H24Cl2N2O4S/c1-16(2)32-20-9-6-18(7-10-20)27-24(29)15-28(19-8-13-22(25)23(26)14-19)33(30,31)21-11-4-17(3)5-12-21/h4-14,16H,15H2,1-3H3,(H,27,29). The molecule has 0 aliphatic heterocycles. The molecule has 33 heavy (non-hydrogen) atoms. The number of hydrogen-bond donors (Lipinski definition) is 1. The molecule has 1 N–H and O–H groups in total. The third-order valence-corrected chi connectivity index (χ3v) is 7.12. The van der Waals surface area contributed by atoms with E-state index in [0.717, 1.165) is 9.87 Å². The number of ether oxygens (including phenoxy) is 1. The molecule has 0 bridgehead atoms. The molecule has 0 heterocycles. The minimum atomic E-state index is -4.06. The number of amides is 1. The largest absolute Gasteiger partial charge is 0.491 e. The third-order valence-electron chi connectivity index (χ3n) is 4.60. The number of carbonyl (C=O) groups excluding carboxylic acids is 1. The molecule has 3 aromatic carbocycles. The van der Waals surface area contributed by atoms with Gasteiger partial charge in [-0.3, -0.25) is 9.10 Å². The van der Waals surface area contributed by atoms with Gasteiger partial charge in [-0.1, -0.05) is 40.9 Å². The molecule has 0 aliphatic rings. The first-order valence-electron chi connectivity index (χ1n) is 10.2. The fourth-order valence-electron chi connectivity index (χ4n) is 3.01. The molecule has 3 aromatic rings. The second-order valence-electron chi connectivity index (χ2n) is 7.66. The number of aryl methyl sites for hydroxylation is 1. The Morgan fingerprint density at radius 3 is 2.18 bits per heavy atom. The van der Waals surface area contributed by atoms with Crippen molar-refractivity contribution < 1.29 is 17.9 Å². The summed E-state index contributed by atoms with van der Waals surface area (Å²) in [6.45, 7) is 5.24. The molecule has 0 saturated heterocycles. The monoisotopic (exact) mass is 506 g/mol. The molecule has 9 heteroatoms. The van der Waals surface area contributed by atoms with Crippen molar-refractivity contribution in [3.8, 4) is 5.75 Å². The first-order valence-corrected chi connectivity index (χ1v) is 12.4. The van der Waals surface area contributed by atoms with Gasteiger partial charge in [0.25, 0.3) is 10.0 Å². The van der Waals surface area contributed by atoms with Gasteiger partial charge in [-0.25, -0.2) is 8.42 Å². The smallest absolute Gasteiger partial charge is 0.264 e. The van der Waals surface area contributed by atoms with Crippen molar-refractivity contribution >= 4 is 50.5 Å². The summed E-state index contributed by atoms with van der Waals surface area (Å²) >= 11 is 12.1. The first-order chi connectivity index (χ1) is 15.6. The fourth-order valence-corrected chi connectivity index (χ4v) is 4.72. The van der Waals surface area contributed by atoms with Crippen LogP contribution in [-0.2, 0) is 14.8 Å². The Hall–Kier alpha value is -2.74. The number of nitrogens with one attached hydrogen (secondary N) is 1. The molecule has 0 fully saturated rings. The van der Waals surface area contributed by atoms with Crippen molar-refractivity contribution in [2.24, 2.45) is 0 Å². The summed E-state index contributed by atoms with van der Waals surface area (Å²) in [4.78, 5) is 12.9. The maximum atomic E-state index is 13.4. The Labute approximate surface area is 204 Å². The zero-order valence-electron chi connectivity index (χ0n) is 18.4. The van der Waals surface area contributed by atoms with Crippen molar-refractivity contribution in [2.45, 2.75) is 31.8 Å². The highest BCUT2D eigenvalue weighted by atomic mass is 35.5. The van der Waals surface area contributed by atoms with Gasteiger partial charge in [-0.2, -0.15) is 0 Å². The molecular weight excluding hydrogens is 483 g/mol. The molecule has 1 amide bonds. The van der Waals surface area contributed by atoms with Gasteiger partial charge in [-0.15, -0.1) is 0 Å². The second-order valence-corrected chi connectivity index (χ2v) is 10.3. The summed E-state index contributed by atoms with van der Waals surface area (Å²) in [6.07, 6.45) is 0.0252. The van der Waals surface area contributed by atoms with E-state index in [1.807, 2.05) is 20.8 Å². The Balaban J connectivity index is 1.88. The normalized spacial score (nSPS) is 11.3. The molecule has 174 valence electrons. The van der Waals surface area contributed by atoms with E-state index in [1.54, 1.807) is 36.4 Å². The summed E-state index contributed by atoms with van der Waals surface area (Å²) < 4.78 is 33.5. The number of anilines is 2. The third kappa shape index (κ3) is 6.41. The van der Waals surface area contributed by atoms with Gasteiger partial charge in [0.1, 0.15) is 12.3 Å². The zero-order valence-corrected chi connectivity index (χ0v) is 20.7.